The van der Waals surface area contributed by atoms with Crippen LogP contribution in [0.2, 0.25) is 0 Å². The van der Waals surface area contributed by atoms with Crippen LogP contribution < -0.4 is 10.1 Å². The van der Waals surface area contributed by atoms with E-state index in [1.54, 1.807) is 7.11 Å². The molecule has 1 aromatic rings. The van der Waals surface area contributed by atoms with Gasteiger partial charge in [0.2, 0.25) is 0 Å². The molecule has 0 amide bonds. The lowest BCUT2D eigenvalue weighted by Crippen LogP contribution is -2.54. The van der Waals surface area contributed by atoms with Crippen molar-refractivity contribution in [2.24, 2.45) is 0 Å². The van der Waals surface area contributed by atoms with E-state index in [0.29, 0.717) is 12.1 Å². The third-order valence-electron chi connectivity index (χ3n) is 4.40. The van der Waals surface area contributed by atoms with Gasteiger partial charge in [0.1, 0.15) is 5.75 Å². The van der Waals surface area contributed by atoms with E-state index in [9.17, 15) is 0 Å². The molecule has 0 saturated carbocycles. The van der Waals surface area contributed by atoms with Crippen LogP contribution >= 0.6 is 0 Å². The maximum Gasteiger partial charge on any atom is 0.122 e. The Kier molecular flexibility index (Phi) is 6.03. The molecule has 1 saturated heterocycles. The summed E-state index contributed by atoms with van der Waals surface area (Å²) in [7, 11) is 6.17. The zero-order valence-corrected chi connectivity index (χ0v) is 13.8. The smallest absolute Gasteiger partial charge is 0.122 e. The van der Waals surface area contributed by atoms with Crippen molar-refractivity contribution in [2.45, 2.75) is 25.4 Å². The lowest BCUT2D eigenvalue weighted by Gasteiger charge is -2.38. The molecular formula is C17H29N3O. The van der Waals surface area contributed by atoms with Gasteiger partial charge in [0, 0.05) is 38.3 Å². The molecule has 2 unspecified atom stereocenters. The summed E-state index contributed by atoms with van der Waals surface area (Å²) < 4.78 is 5.43. The SMILES string of the molecule is COc1ccccc1CC(C)NCC1CN(C)CCN1C. The summed E-state index contributed by atoms with van der Waals surface area (Å²) in [6, 6.07) is 9.33. The molecule has 1 heterocycles. The molecule has 1 N–H and O–H groups in total. The number of piperazine rings is 1. The third kappa shape index (κ3) is 4.70. The van der Waals surface area contributed by atoms with Crippen molar-refractivity contribution in [3.8, 4) is 5.75 Å². The number of nitrogens with zero attached hydrogens (tertiary/aromatic N) is 2. The largest absolute Gasteiger partial charge is 0.496 e. The molecule has 118 valence electrons. The summed E-state index contributed by atoms with van der Waals surface area (Å²) in [5, 5.41) is 3.68. The topological polar surface area (TPSA) is 27.7 Å². The fourth-order valence-corrected chi connectivity index (χ4v) is 2.93. The molecule has 4 nitrogen and oxygen atoms in total. The standard InChI is InChI=1S/C17H29N3O/c1-14(11-15-7-5-6-8-17(15)21-4)18-12-16-13-19(2)9-10-20(16)3/h5-8,14,16,18H,9-13H2,1-4H3. The average molecular weight is 291 g/mol. The van der Waals surface area contributed by atoms with Gasteiger partial charge in [-0.15, -0.1) is 0 Å². The number of hydrogen-bond donors (Lipinski definition) is 1. The van der Waals surface area contributed by atoms with Crippen LogP contribution in [0.25, 0.3) is 0 Å². The van der Waals surface area contributed by atoms with E-state index in [-0.39, 0.29) is 0 Å². The van der Waals surface area contributed by atoms with E-state index in [0.717, 1.165) is 31.8 Å². The lowest BCUT2D eigenvalue weighted by atomic mass is 10.1. The number of nitrogens with one attached hydrogen (secondary N) is 1. The average Bonchev–Trinajstić information content (AvgIpc) is 2.49. The van der Waals surface area contributed by atoms with Crippen LogP contribution in [0.1, 0.15) is 12.5 Å². The number of hydrogen-bond acceptors (Lipinski definition) is 4. The fourth-order valence-electron chi connectivity index (χ4n) is 2.93. The molecule has 4 heteroatoms. The van der Waals surface area contributed by atoms with E-state index in [4.69, 9.17) is 4.74 Å². The number of benzene rings is 1. The molecule has 0 spiro atoms. The third-order valence-corrected chi connectivity index (χ3v) is 4.40. The predicted octanol–water partition coefficient (Wildman–Crippen LogP) is 1.46. The van der Waals surface area contributed by atoms with Gasteiger partial charge in [-0.05, 0) is 39.1 Å². The minimum atomic E-state index is 0.446. The molecule has 2 rings (SSSR count). The summed E-state index contributed by atoms with van der Waals surface area (Å²) in [6.45, 7) is 6.76. The van der Waals surface area contributed by atoms with E-state index in [2.05, 4.69) is 48.3 Å². The highest BCUT2D eigenvalue weighted by molar-refractivity contribution is 5.33. The first-order chi connectivity index (χ1) is 10.1. The molecule has 0 aliphatic carbocycles. The number of para-hydroxylation sites is 1. The lowest BCUT2D eigenvalue weighted by molar-refractivity contribution is 0.112. The Morgan fingerprint density at radius 3 is 2.81 bits per heavy atom. The molecule has 1 aliphatic rings. The summed E-state index contributed by atoms with van der Waals surface area (Å²) in [4.78, 5) is 4.88. The Balaban J connectivity index is 1.83. The van der Waals surface area contributed by atoms with Crippen LogP contribution in [-0.2, 0) is 6.42 Å². The van der Waals surface area contributed by atoms with Crippen LogP contribution in [0.4, 0.5) is 0 Å². The molecule has 2 atom stereocenters. The van der Waals surface area contributed by atoms with E-state index >= 15 is 0 Å². The van der Waals surface area contributed by atoms with Gasteiger partial charge < -0.3 is 15.0 Å². The van der Waals surface area contributed by atoms with Gasteiger partial charge in [0.15, 0.2) is 0 Å². The van der Waals surface area contributed by atoms with Crippen molar-refractivity contribution in [1.82, 2.24) is 15.1 Å². The monoisotopic (exact) mass is 291 g/mol. The molecule has 0 aromatic heterocycles. The Hall–Kier alpha value is -1.10. The van der Waals surface area contributed by atoms with Crippen molar-refractivity contribution in [3.63, 3.8) is 0 Å². The number of ether oxygens (including phenoxy) is 1. The second kappa shape index (κ2) is 7.78. The van der Waals surface area contributed by atoms with Crippen molar-refractivity contribution >= 4 is 0 Å². The zero-order valence-electron chi connectivity index (χ0n) is 13.8. The molecule has 0 bridgehead atoms. The summed E-state index contributed by atoms with van der Waals surface area (Å²) >= 11 is 0. The molecule has 21 heavy (non-hydrogen) atoms. The van der Waals surface area contributed by atoms with Crippen LogP contribution in [0.15, 0.2) is 24.3 Å². The maximum absolute atomic E-state index is 5.43. The molecule has 1 aromatic carbocycles. The van der Waals surface area contributed by atoms with E-state index in [1.165, 1.54) is 12.1 Å². The Morgan fingerprint density at radius 2 is 2.05 bits per heavy atom. The first kappa shape index (κ1) is 16.3. The quantitative estimate of drug-likeness (QED) is 0.859. The first-order valence-electron chi connectivity index (χ1n) is 7.84. The zero-order chi connectivity index (χ0) is 15.2. The van der Waals surface area contributed by atoms with Crippen LogP contribution in [-0.4, -0.2) is 69.3 Å². The summed E-state index contributed by atoms with van der Waals surface area (Å²) in [5.41, 5.74) is 1.27. The minimum absolute atomic E-state index is 0.446. The molecule has 1 fully saturated rings. The molecule has 1 aliphatic heterocycles. The summed E-state index contributed by atoms with van der Waals surface area (Å²) in [5.74, 6) is 0.987. The van der Waals surface area contributed by atoms with Crippen LogP contribution in [0, 0.1) is 0 Å². The number of likely N-dealkylation sites (N-methyl/N-ethyl adjacent to an activating group) is 2. The van der Waals surface area contributed by atoms with E-state index < -0.39 is 0 Å². The Morgan fingerprint density at radius 1 is 1.29 bits per heavy atom. The Labute approximate surface area is 129 Å². The normalized spacial score (nSPS) is 22.2. The molecular weight excluding hydrogens is 262 g/mol. The van der Waals surface area contributed by atoms with Crippen molar-refractivity contribution in [1.29, 1.82) is 0 Å². The van der Waals surface area contributed by atoms with Gasteiger partial charge in [-0.25, -0.2) is 0 Å². The van der Waals surface area contributed by atoms with Crippen LogP contribution in [0.3, 0.4) is 0 Å². The number of methoxy groups -OCH3 is 1. The first-order valence-corrected chi connectivity index (χ1v) is 7.84. The summed E-state index contributed by atoms with van der Waals surface area (Å²) in [6.07, 6.45) is 0.996. The highest BCUT2D eigenvalue weighted by atomic mass is 16.5. The van der Waals surface area contributed by atoms with Gasteiger partial charge in [-0.1, -0.05) is 18.2 Å². The molecule has 0 radical (unpaired) electrons. The van der Waals surface area contributed by atoms with Gasteiger partial charge in [-0.3, -0.25) is 4.90 Å². The van der Waals surface area contributed by atoms with Crippen molar-refractivity contribution in [3.05, 3.63) is 29.8 Å². The second-order valence-corrected chi connectivity index (χ2v) is 6.22. The van der Waals surface area contributed by atoms with Gasteiger partial charge >= 0.3 is 0 Å². The highest BCUT2D eigenvalue weighted by Crippen LogP contribution is 2.18. The fraction of sp³-hybridized carbons (Fsp3) is 0.647. The Bertz CT molecular complexity index is 438. The minimum Gasteiger partial charge on any atom is -0.496 e. The van der Waals surface area contributed by atoms with Crippen molar-refractivity contribution in [2.75, 3.05) is 47.4 Å². The van der Waals surface area contributed by atoms with Crippen LogP contribution in [0.5, 0.6) is 5.75 Å². The van der Waals surface area contributed by atoms with Crippen molar-refractivity contribution < 1.29 is 4.74 Å². The predicted molar refractivity (Wildman–Crippen MR) is 88.1 cm³/mol. The second-order valence-electron chi connectivity index (χ2n) is 6.22. The highest BCUT2D eigenvalue weighted by Gasteiger charge is 2.22. The van der Waals surface area contributed by atoms with E-state index in [1.807, 2.05) is 12.1 Å². The number of rotatable bonds is 6. The maximum atomic E-state index is 5.43. The van der Waals surface area contributed by atoms with Gasteiger partial charge in [-0.2, -0.15) is 0 Å². The van der Waals surface area contributed by atoms with Gasteiger partial charge in [0.25, 0.3) is 0 Å². The van der Waals surface area contributed by atoms with Gasteiger partial charge in [0.05, 0.1) is 7.11 Å².